The van der Waals surface area contributed by atoms with E-state index in [9.17, 15) is 0 Å². The molecule has 4 nitrogen and oxygen atoms in total. The van der Waals surface area contributed by atoms with E-state index in [2.05, 4.69) is 42.9 Å². The van der Waals surface area contributed by atoms with E-state index >= 15 is 0 Å². The average Bonchev–Trinajstić information content (AvgIpc) is 2.47. The lowest BCUT2D eigenvalue weighted by Gasteiger charge is -2.32. The Morgan fingerprint density at radius 1 is 1.33 bits per heavy atom. The predicted octanol–water partition coefficient (Wildman–Crippen LogP) is 3.30. The summed E-state index contributed by atoms with van der Waals surface area (Å²) < 4.78 is 0. The van der Waals surface area contributed by atoms with Gasteiger partial charge in [0.25, 0.3) is 0 Å². The number of hydrogen-bond acceptors (Lipinski definition) is 4. The number of aromatic nitrogens is 2. The van der Waals surface area contributed by atoms with Crippen LogP contribution in [0.5, 0.6) is 0 Å². The van der Waals surface area contributed by atoms with Gasteiger partial charge in [-0.05, 0) is 25.7 Å². The van der Waals surface area contributed by atoms with Crippen molar-refractivity contribution >= 4 is 5.95 Å². The van der Waals surface area contributed by atoms with Gasteiger partial charge in [-0.25, -0.2) is 9.97 Å². The molecule has 0 radical (unpaired) electrons. The third kappa shape index (κ3) is 4.67. The first-order valence-electron chi connectivity index (χ1n) is 8.41. The standard InChI is InChI=1S/C17H30N4/c1-5-6-15-7-9-21(10-8-15)17-19-12-16(14(4)20-17)11-18-13(2)3/h12-13,15,18H,5-11H2,1-4H3. The van der Waals surface area contributed by atoms with Gasteiger partial charge in [0.1, 0.15) is 0 Å². The molecule has 0 aliphatic carbocycles. The summed E-state index contributed by atoms with van der Waals surface area (Å²) in [5.41, 5.74) is 2.30. The van der Waals surface area contributed by atoms with E-state index in [1.807, 2.05) is 6.20 Å². The van der Waals surface area contributed by atoms with Crippen LogP contribution in [0.15, 0.2) is 6.20 Å². The molecule has 2 rings (SSSR count). The van der Waals surface area contributed by atoms with Crippen LogP contribution in [-0.4, -0.2) is 29.1 Å². The van der Waals surface area contributed by atoms with E-state index in [0.717, 1.165) is 37.2 Å². The minimum Gasteiger partial charge on any atom is -0.341 e. The first-order chi connectivity index (χ1) is 10.1. The zero-order valence-electron chi connectivity index (χ0n) is 14.0. The number of hydrogen-bond donors (Lipinski definition) is 1. The fourth-order valence-electron chi connectivity index (χ4n) is 2.95. The van der Waals surface area contributed by atoms with Gasteiger partial charge >= 0.3 is 0 Å². The molecule has 0 spiro atoms. The maximum absolute atomic E-state index is 4.72. The summed E-state index contributed by atoms with van der Waals surface area (Å²) >= 11 is 0. The molecule has 0 amide bonds. The van der Waals surface area contributed by atoms with Crippen LogP contribution in [0.3, 0.4) is 0 Å². The van der Waals surface area contributed by atoms with Crippen molar-refractivity contribution in [1.29, 1.82) is 0 Å². The van der Waals surface area contributed by atoms with E-state index in [0.29, 0.717) is 6.04 Å². The highest BCUT2D eigenvalue weighted by Gasteiger charge is 2.20. The van der Waals surface area contributed by atoms with Crippen LogP contribution in [0.2, 0.25) is 0 Å². The van der Waals surface area contributed by atoms with Gasteiger partial charge in [-0.15, -0.1) is 0 Å². The molecule has 0 bridgehead atoms. The molecule has 1 saturated heterocycles. The number of nitrogens with one attached hydrogen (secondary N) is 1. The van der Waals surface area contributed by atoms with Crippen molar-refractivity contribution in [3.05, 3.63) is 17.5 Å². The Hall–Kier alpha value is -1.16. The van der Waals surface area contributed by atoms with Gasteiger partial charge < -0.3 is 10.2 Å². The lowest BCUT2D eigenvalue weighted by Crippen LogP contribution is -2.35. The number of rotatable bonds is 6. The third-order valence-electron chi connectivity index (χ3n) is 4.36. The summed E-state index contributed by atoms with van der Waals surface area (Å²) in [4.78, 5) is 11.7. The molecule has 1 aromatic rings. The number of piperidine rings is 1. The second kappa shape index (κ2) is 7.74. The Balaban J connectivity index is 1.94. The summed E-state index contributed by atoms with van der Waals surface area (Å²) in [7, 11) is 0. The lowest BCUT2D eigenvalue weighted by molar-refractivity contribution is 0.376. The summed E-state index contributed by atoms with van der Waals surface area (Å²) in [6.07, 6.45) is 7.23. The second-order valence-corrected chi connectivity index (χ2v) is 6.54. The van der Waals surface area contributed by atoms with Crippen molar-refractivity contribution < 1.29 is 0 Å². The van der Waals surface area contributed by atoms with E-state index in [1.165, 1.54) is 31.2 Å². The minimum atomic E-state index is 0.488. The number of nitrogens with zero attached hydrogens (tertiary/aromatic N) is 3. The molecule has 118 valence electrons. The van der Waals surface area contributed by atoms with Crippen molar-refractivity contribution in [3.8, 4) is 0 Å². The zero-order chi connectivity index (χ0) is 15.2. The smallest absolute Gasteiger partial charge is 0.225 e. The molecule has 1 aliphatic heterocycles. The first kappa shape index (κ1) is 16.2. The lowest BCUT2D eigenvalue weighted by atomic mass is 9.93. The summed E-state index contributed by atoms with van der Waals surface area (Å²) in [5, 5.41) is 3.43. The van der Waals surface area contributed by atoms with Gasteiger partial charge in [0.05, 0.1) is 0 Å². The Bertz CT molecular complexity index is 436. The molecule has 0 aromatic carbocycles. The molecule has 1 fully saturated rings. The van der Waals surface area contributed by atoms with Crippen molar-refractivity contribution in [3.63, 3.8) is 0 Å². The predicted molar refractivity (Wildman–Crippen MR) is 88.6 cm³/mol. The SMILES string of the molecule is CCCC1CCN(c2ncc(CNC(C)C)c(C)n2)CC1. The Kier molecular flexibility index (Phi) is 5.97. The second-order valence-electron chi connectivity index (χ2n) is 6.54. The molecule has 1 N–H and O–H groups in total. The Labute approximate surface area is 129 Å². The molecule has 21 heavy (non-hydrogen) atoms. The molecule has 2 heterocycles. The quantitative estimate of drug-likeness (QED) is 0.873. The normalized spacial score (nSPS) is 16.7. The van der Waals surface area contributed by atoms with Crippen LogP contribution in [0.25, 0.3) is 0 Å². The van der Waals surface area contributed by atoms with Gasteiger partial charge in [-0.3, -0.25) is 0 Å². The molecule has 0 atom stereocenters. The van der Waals surface area contributed by atoms with Gasteiger partial charge in [0, 0.05) is 43.1 Å². The van der Waals surface area contributed by atoms with Gasteiger partial charge in [0.2, 0.25) is 5.95 Å². The zero-order valence-corrected chi connectivity index (χ0v) is 14.0. The molecule has 1 aliphatic rings. The number of aryl methyl sites for hydroxylation is 1. The summed E-state index contributed by atoms with van der Waals surface area (Å²) in [6.45, 7) is 11.7. The first-order valence-corrected chi connectivity index (χ1v) is 8.41. The van der Waals surface area contributed by atoms with Crippen LogP contribution in [-0.2, 0) is 6.54 Å². The fraction of sp³-hybridized carbons (Fsp3) is 0.765. The summed E-state index contributed by atoms with van der Waals surface area (Å²) in [6, 6.07) is 0.488. The highest BCUT2D eigenvalue weighted by atomic mass is 15.3. The van der Waals surface area contributed by atoms with Gasteiger partial charge in [-0.1, -0.05) is 33.6 Å². The molecule has 4 heteroatoms. The van der Waals surface area contributed by atoms with Crippen molar-refractivity contribution in [2.24, 2.45) is 5.92 Å². The van der Waals surface area contributed by atoms with Crippen LogP contribution >= 0.6 is 0 Å². The maximum atomic E-state index is 4.72. The van der Waals surface area contributed by atoms with Crippen LogP contribution < -0.4 is 10.2 Å². The van der Waals surface area contributed by atoms with E-state index in [4.69, 9.17) is 4.98 Å². The van der Waals surface area contributed by atoms with Crippen molar-refractivity contribution in [1.82, 2.24) is 15.3 Å². The molecular formula is C17H30N4. The van der Waals surface area contributed by atoms with E-state index in [1.54, 1.807) is 0 Å². The summed E-state index contributed by atoms with van der Waals surface area (Å²) in [5.74, 6) is 1.82. The van der Waals surface area contributed by atoms with E-state index in [-0.39, 0.29) is 0 Å². The number of anilines is 1. The van der Waals surface area contributed by atoms with Crippen LogP contribution in [0.1, 0.15) is 57.7 Å². The van der Waals surface area contributed by atoms with Crippen LogP contribution in [0.4, 0.5) is 5.95 Å². The Morgan fingerprint density at radius 2 is 2.05 bits per heavy atom. The maximum Gasteiger partial charge on any atom is 0.225 e. The minimum absolute atomic E-state index is 0.488. The molecule has 0 unspecified atom stereocenters. The third-order valence-corrected chi connectivity index (χ3v) is 4.36. The van der Waals surface area contributed by atoms with Crippen LogP contribution in [0, 0.1) is 12.8 Å². The Morgan fingerprint density at radius 3 is 2.62 bits per heavy atom. The topological polar surface area (TPSA) is 41.1 Å². The van der Waals surface area contributed by atoms with Gasteiger partial charge in [-0.2, -0.15) is 0 Å². The monoisotopic (exact) mass is 290 g/mol. The average molecular weight is 290 g/mol. The van der Waals surface area contributed by atoms with E-state index < -0.39 is 0 Å². The largest absolute Gasteiger partial charge is 0.341 e. The highest BCUT2D eigenvalue weighted by molar-refractivity contribution is 5.33. The van der Waals surface area contributed by atoms with Crippen molar-refractivity contribution in [2.75, 3.05) is 18.0 Å². The van der Waals surface area contributed by atoms with Gasteiger partial charge in [0.15, 0.2) is 0 Å². The molecule has 0 saturated carbocycles. The fourth-order valence-corrected chi connectivity index (χ4v) is 2.95. The van der Waals surface area contributed by atoms with Crippen molar-refractivity contribution in [2.45, 2.75) is 66.0 Å². The molecule has 1 aromatic heterocycles. The highest BCUT2D eigenvalue weighted by Crippen LogP contribution is 2.24. The molecular weight excluding hydrogens is 260 g/mol.